The van der Waals surface area contributed by atoms with E-state index < -0.39 is 19.5 Å². The van der Waals surface area contributed by atoms with E-state index in [4.69, 9.17) is 24.2 Å². The van der Waals surface area contributed by atoms with Crippen molar-refractivity contribution in [2.24, 2.45) is 0 Å². The third kappa shape index (κ3) is 15.4. The lowest BCUT2D eigenvalue weighted by atomic mass is 9.97. The van der Waals surface area contributed by atoms with E-state index in [1.807, 2.05) is 103 Å². The molecule has 0 aliphatic rings. The van der Waals surface area contributed by atoms with Gasteiger partial charge in [0.05, 0.1) is 37.5 Å². The molecule has 76 heavy (non-hydrogen) atoms. The molecule has 0 spiro atoms. The molecule has 3 aromatic heterocycles. The maximum Gasteiger partial charge on any atom is 0.378 e. The summed E-state index contributed by atoms with van der Waals surface area (Å²) in [6.07, 6.45) is 2.30. The Kier molecular flexibility index (Phi) is 19.9. The highest BCUT2D eigenvalue weighted by Gasteiger charge is 2.19. The zero-order chi connectivity index (χ0) is 53.9. The second-order valence-electron chi connectivity index (χ2n) is 17.6. The number of esters is 2. The number of aryl methyl sites for hydroxylation is 3. The Morgan fingerprint density at radius 3 is 1.46 bits per heavy atom. The van der Waals surface area contributed by atoms with Gasteiger partial charge in [0, 0.05) is 39.9 Å². The van der Waals surface area contributed by atoms with Gasteiger partial charge in [0.1, 0.15) is 17.1 Å². The summed E-state index contributed by atoms with van der Waals surface area (Å²) in [6, 6.07) is 62.3. The van der Waals surface area contributed by atoms with Crippen LogP contribution in [0.15, 0.2) is 188 Å². The Labute approximate surface area is 444 Å². The number of nitrogens with zero attached hydrogens (tertiary/aromatic N) is 5. The van der Waals surface area contributed by atoms with E-state index in [0.717, 1.165) is 74.4 Å². The van der Waals surface area contributed by atoms with E-state index >= 15 is 0 Å². The topological polar surface area (TPSA) is 187 Å². The number of ether oxygens (including phenoxy) is 2. The molecule has 6 aromatic carbocycles. The number of nitrogens with one attached hydrogen (secondary N) is 1. The van der Waals surface area contributed by atoms with Crippen LogP contribution in [0, 0.1) is 6.92 Å². The molecule has 0 unspecified atom stereocenters. The standard InChI is InChI=1S/C22H25N2O3P.C21H19NO2.C19H17N3O2/c1-17-8-10-18(11-9-17)21-13-12-20(16-23-14-5-15-28(25,26)27)24-22(21)19-6-3-2-4-7-19;1-3-15-9-11-16(12-10-15)18-13-14-19(21(23)24-2)22-20(18)17-7-5-4-6-8-17;1-3-13-9-11-15(12-10-13)17-16(14-7-5-4-6-8-14)20-18(22-21-17)19(23)24-2/h2-4,6-13,23H,5,14-16H2,1H3,(H2,25,26,27);4-14H,3H2,1-2H3;4-12H,3H2,1-2H3. The van der Waals surface area contributed by atoms with Gasteiger partial charge in [-0.25, -0.2) is 19.6 Å². The number of hydrogen-bond donors (Lipinski definition) is 3. The van der Waals surface area contributed by atoms with Crippen LogP contribution in [0.3, 0.4) is 0 Å². The normalized spacial score (nSPS) is 10.8. The Morgan fingerprint density at radius 2 is 0.961 bits per heavy atom. The van der Waals surface area contributed by atoms with Crippen LogP contribution >= 0.6 is 7.60 Å². The number of rotatable bonds is 16. The second-order valence-corrected chi connectivity index (χ2v) is 19.4. The summed E-state index contributed by atoms with van der Waals surface area (Å²) in [6.45, 7) is 7.40. The molecule has 0 fully saturated rings. The maximum atomic E-state index is 11.8. The van der Waals surface area contributed by atoms with Gasteiger partial charge in [0.2, 0.25) is 0 Å². The summed E-state index contributed by atoms with van der Waals surface area (Å²) in [5, 5.41) is 11.4. The first kappa shape index (κ1) is 55.4. The van der Waals surface area contributed by atoms with Crippen molar-refractivity contribution in [3.8, 4) is 67.3 Å². The molecule has 0 saturated carbocycles. The van der Waals surface area contributed by atoms with Crippen LogP contribution in [-0.4, -0.2) is 73.8 Å². The van der Waals surface area contributed by atoms with E-state index in [1.54, 1.807) is 6.07 Å². The summed E-state index contributed by atoms with van der Waals surface area (Å²) >= 11 is 0. The van der Waals surface area contributed by atoms with Crippen LogP contribution in [0.25, 0.3) is 67.3 Å². The first-order chi connectivity index (χ1) is 36.9. The molecular formula is C62H61N6O7P. The number of hydrogen-bond acceptors (Lipinski definition) is 11. The van der Waals surface area contributed by atoms with E-state index in [1.165, 1.54) is 30.9 Å². The minimum atomic E-state index is -3.93. The molecule has 3 N–H and O–H groups in total. The number of benzene rings is 6. The first-order valence-electron chi connectivity index (χ1n) is 25.0. The van der Waals surface area contributed by atoms with Crippen molar-refractivity contribution >= 4 is 19.5 Å². The first-order valence-corrected chi connectivity index (χ1v) is 26.8. The van der Waals surface area contributed by atoms with Crippen LogP contribution in [0.2, 0.25) is 0 Å². The zero-order valence-electron chi connectivity index (χ0n) is 43.3. The average molecular weight is 1030 g/mol. The molecule has 0 bridgehead atoms. The fraction of sp³-hybridized carbons (Fsp3) is 0.177. The molecule has 3 heterocycles. The molecule has 14 heteroatoms. The van der Waals surface area contributed by atoms with Crippen molar-refractivity contribution in [1.82, 2.24) is 30.5 Å². The van der Waals surface area contributed by atoms with Crippen molar-refractivity contribution in [2.75, 3.05) is 26.9 Å². The van der Waals surface area contributed by atoms with Crippen LogP contribution in [0.4, 0.5) is 0 Å². The summed E-state index contributed by atoms with van der Waals surface area (Å²) in [5.74, 6) is -1.09. The number of aromatic nitrogens is 5. The minimum Gasteiger partial charge on any atom is -0.464 e. The molecule has 0 atom stereocenters. The number of pyridine rings is 2. The molecular weight excluding hydrogens is 972 g/mol. The monoisotopic (exact) mass is 1030 g/mol. The fourth-order valence-electron chi connectivity index (χ4n) is 8.05. The predicted octanol–water partition coefficient (Wildman–Crippen LogP) is 12.7. The van der Waals surface area contributed by atoms with E-state index in [0.29, 0.717) is 36.6 Å². The van der Waals surface area contributed by atoms with Gasteiger partial charge in [-0.1, -0.05) is 189 Å². The molecule has 0 aliphatic heterocycles. The highest BCUT2D eigenvalue weighted by molar-refractivity contribution is 7.51. The van der Waals surface area contributed by atoms with Gasteiger partial charge in [0.25, 0.3) is 5.82 Å². The molecule has 386 valence electrons. The molecule has 13 nitrogen and oxygen atoms in total. The average Bonchev–Trinajstić information content (AvgIpc) is 3.49. The van der Waals surface area contributed by atoms with Crippen LogP contribution in [-0.2, 0) is 33.4 Å². The van der Waals surface area contributed by atoms with Crippen LogP contribution in [0.5, 0.6) is 0 Å². The van der Waals surface area contributed by atoms with Crippen molar-refractivity contribution in [3.63, 3.8) is 0 Å². The van der Waals surface area contributed by atoms with Gasteiger partial charge in [-0.15, -0.1) is 10.2 Å². The van der Waals surface area contributed by atoms with Gasteiger partial charge >= 0.3 is 19.5 Å². The van der Waals surface area contributed by atoms with Gasteiger partial charge in [-0.3, -0.25) is 9.55 Å². The SMILES string of the molecule is CCc1ccc(-c2ccc(C(=O)OC)nc2-c2ccccc2)cc1.CCc1ccc(-c2nnc(C(=O)OC)nc2-c2ccccc2)cc1.Cc1ccc(-c2ccc(CNCCCP(=O)(O)O)nc2-c2ccccc2)cc1. The van der Waals surface area contributed by atoms with Crippen molar-refractivity contribution in [2.45, 2.75) is 46.6 Å². The summed E-state index contributed by atoms with van der Waals surface area (Å²) in [5.41, 5.74) is 16.0. The number of methoxy groups -OCH3 is 2. The summed E-state index contributed by atoms with van der Waals surface area (Å²) < 4.78 is 20.4. The quantitative estimate of drug-likeness (QED) is 0.0472. The van der Waals surface area contributed by atoms with Crippen molar-refractivity contribution in [3.05, 3.63) is 222 Å². The Morgan fingerprint density at radius 1 is 0.500 bits per heavy atom. The summed E-state index contributed by atoms with van der Waals surface area (Å²) in [4.78, 5) is 55.2. The molecule has 0 saturated heterocycles. The lowest BCUT2D eigenvalue weighted by molar-refractivity contribution is 0.0580. The predicted molar refractivity (Wildman–Crippen MR) is 300 cm³/mol. The van der Waals surface area contributed by atoms with Gasteiger partial charge in [-0.2, -0.15) is 0 Å². The lowest BCUT2D eigenvalue weighted by Crippen LogP contribution is -2.16. The third-order valence-corrected chi connectivity index (χ3v) is 13.1. The summed E-state index contributed by atoms with van der Waals surface area (Å²) in [7, 11) is -1.26. The largest absolute Gasteiger partial charge is 0.464 e. The lowest BCUT2D eigenvalue weighted by Gasteiger charge is -2.13. The Bertz CT molecular complexity index is 3210. The highest BCUT2D eigenvalue weighted by Crippen LogP contribution is 2.35. The third-order valence-electron chi connectivity index (χ3n) is 12.2. The molecule has 0 radical (unpaired) electrons. The van der Waals surface area contributed by atoms with E-state index in [2.05, 4.69) is 125 Å². The van der Waals surface area contributed by atoms with E-state index in [9.17, 15) is 14.2 Å². The Hall–Kier alpha value is -8.32. The van der Waals surface area contributed by atoms with Gasteiger partial charge in [0.15, 0.2) is 0 Å². The molecule has 9 aromatic rings. The molecule has 0 amide bonds. The minimum absolute atomic E-state index is 0.0507. The highest BCUT2D eigenvalue weighted by atomic mass is 31.2. The number of carbonyl (C=O) groups excluding carboxylic acids is 2. The number of carbonyl (C=O) groups is 2. The van der Waals surface area contributed by atoms with Gasteiger partial charge in [-0.05, 0) is 73.2 Å². The molecule has 0 aliphatic carbocycles. The smallest absolute Gasteiger partial charge is 0.378 e. The van der Waals surface area contributed by atoms with Crippen LogP contribution < -0.4 is 5.32 Å². The Balaban J connectivity index is 0.000000167. The molecule has 9 rings (SSSR count). The fourth-order valence-corrected chi connectivity index (χ4v) is 8.62. The second kappa shape index (κ2) is 27.3. The zero-order valence-corrected chi connectivity index (χ0v) is 44.2. The van der Waals surface area contributed by atoms with Crippen molar-refractivity contribution < 1.29 is 33.4 Å². The van der Waals surface area contributed by atoms with E-state index in [-0.39, 0.29) is 12.0 Å². The van der Waals surface area contributed by atoms with Gasteiger partial charge < -0.3 is 24.6 Å². The maximum absolute atomic E-state index is 11.8. The van der Waals surface area contributed by atoms with Crippen molar-refractivity contribution in [1.29, 1.82) is 0 Å². The van der Waals surface area contributed by atoms with Crippen LogP contribution in [0.1, 0.15) is 63.8 Å².